The van der Waals surface area contributed by atoms with E-state index in [1.807, 2.05) is 48.5 Å². The van der Waals surface area contributed by atoms with Crippen LogP contribution in [0.25, 0.3) is 0 Å². The van der Waals surface area contributed by atoms with Gasteiger partial charge < -0.3 is 24.4 Å². The first-order chi connectivity index (χ1) is 17.6. The minimum absolute atomic E-state index is 0.294. The van der Waals surface area contributed by atoms with Crippen molar-refractivity contribution in [2.24, 2.45) is 0 Å². The molecule has 0 saturated carbocycles. The molecule has 1 aliphatic heterocycles. The van der Waals surface area contributed by atoms with Gasteiger partial charge in [-0.05, 0) is 41.5 Å². The van der Waals surface area contributed by atoms with Crippen molar-refractivity contribution in [1.82, 2.24) is 9.80 Å². The molecule has 0 aliphatic carbocycles. The summed E-state index contributed by atoms with van der Waals surface area (Å²) < 4.78 is 30.6. The maximum Gasteiger partial charge on any atom is 0.322 e. The van der Waals surface area contributed by atoms with E-state index in [9.17, 15) is 9.18 Å². The average Bonchev–Trinajstić information content (AvgIpc) is 2.91. The molecule has 1 heterocycles. The van der Waals surface area contributed by atoms with Crippen LogP contribution in [0.5, 0.6) is 11.5 Å². The van der Waals surface area contributed by atoms with Crippen LogP contribution in [-0.4, -0.2) is 62.3 Å². The van der Waals surface area contributed by atoms with Gasteiger partial charge in [0.15, 0.2) is 11.5 Å². The highest BCUT2D eigenvalue weighted by atomic mass is 19.1. The molecule has 2 amide bonds. The molecule has 190 valence electrons. The third kappa shape index (κ3) is 7.44. The van der Waals surface area contributed by atoms with Crippen molar-refractivity contribution in [3.63, 3.8) is 0 Å². The van der Waals surface area contributed by atoms with Gasteiger partial charge in [0, 0.05) is 38.4 Å². The topological polar surface area (TPSA) is 63.3 Å². The second-order valence-corrected chi connectivity index (χ2v) is 8.58. The maximum absolute atomic E-state index is 13.6. The van der Waals surface area contributed by atoms with E-state index in [1.165, 1.54) is 12.1 Å². The largest absolute Gasteiger partial charge is 0.493 e. The highest BCUT2D eigenvalue weighted by molar-refractivity contribution is 5.89. The Morgan fingerprint density at radius 3 is 2.56 bits per heavy atom. The van der Waals surface area contributed by atoms with Crippen molar-refractivity contribution in [2.45, 2.75) is 13.2 Å². The first kappa shape index (κ1) is 25.5. The van der Waals surface area contributed by atoms with Gasteiger partial charge in [-0.2, -0.15) is 0 Å². The number of nitrogens with zero attached hydrogens (tertiary/aromatic N) is 2. The third-order valence-electron chi connectivity index (χ3n) is 5.99. The van der Waals surface area contributed by atoms with E-state index >= 15 is 0 Å². The molecule has 4 rings (SSSR count). The summed E-state index contributed by atoms with van der Waals surface area (Å²) in [6, 6.07) is 21.2. The highest BCUT2D eigenvalue weighted by Crippen LogP contribution is 2.29. The van der Waals surface area contributed by atoms with Crippen LogP contribution in [0.3, 0.4) is 0 Å². The number of rotatable bonds is 10. The molecule has 0 unspecified atom stereocenters. The highest BCUT2D eigenvalue weighted by Gasteiger charge is 2.19. The van der Waals surface area contributed by atoms with Gasteiger partial charge in [0.2, 0.25) is 0 Å². The maximum atomic E-state index is 13.6. The number of nitrogens with one attached hydrogen (secondary N) is 1. The lowest BCUT2D eigenvalue weighted by atomic mass is 10.2. The van der Waals surface area contributed by atoms with Gasteiger partial charge in [-0.3, -0.25) is 4.90 Å². The van der Waals surface area contributed by atoms with Crippen molar-refractivity contribution in [3.05, 3.63) is 89.7 Å². The average molecular weight is 494 g/mol. The molecule has 8 heteroatoms. The molecule has 0 atom stereocenters. The summed E-state index contributed by atoms with van der Waals surface area (Å²) in [5.41, 5.74) is 2.38. The number of morpholine rings is 1. The molecule has 0 spiro atoms. The van der Waals surface area contributed by atoms with Crippen molar-refractivity contribution >= 4 is 11.7 Å². The number of carbonyl (C=O) groups is 1. The Balaban J connectivity index is 1.45. The number of anilines is 1. The molecular formula is C28H32FN3O4. The number of hydrogen-bond donors (Lipinski definition) is 1. The van der Waals surface area contributed by atoms with E-state index in [0.29, 0.717) is 50.1 Å². The van der Waals surface area contributed by atoms with E-state index in [4.69, 9.17) is 14.2 Å². The number of urea groups is 1. The molecule has 1 saturated heterocycles. The molecule has 3 aromatic rings. The van der Waals surface area contributed by atoms with Crippen LogP contribution in [0, 0.1) is 5.82 Å². The van der Waals surface area contributed by atoms with Crippen LogP contribution >= 0.6 is 0 Å². The monoisotopic (exact) mass is 493 g/mol. The van der Waals surface area contributed by atoms with Crippen LogP contribution in [0.4, 0.5) is 14.9 Å². The second-order valence-electron chi connectivity index (χ2n) is 8.58. The van der Waals surface area contributed by atoms with E-state index in [0.717, 1.165) is 30.8 Å². The predicted octanol–water partition coefficient (Wildman–Crippen LogP) is 4.78. The molecule has 1 aliphatic rings. The van der Waals surface area contributed by atoms with Gasteiger partial charge in [-0.25, -0.2) is 9.18 Å². The zero-order valence-electron chi connectivity index (χ0n) is 20.5. The fourth-order valence-corrected chi connectivity index (χ4v) is 3.99. The summed E-state index contributed by atoms with van der Waals surface area (Å²) in [6.07, 6.45) is 0. The van der Waals surface area contributed by atoms with Gasteiger partial charge in [-0.15, -0.1) is 0 Å². The number of ether oxygens (including phenoxy) is 3. The quantitative estimate of drug-likeness (QED) is 0.441. The van der Waals surface area contributed by atoms with Gasteiger partial charge >= 0.3 is 6.03 Å². The lowest BCUT2D eigenvalue weighted by molar-refractivity contribution is 0.0349. The normalized spacial score (nSPS) is 13.7. The summed E-state index contributed by atoms with van der Waals surface area (Å²) in [5.74, 6) is 0.833. The standard InChI is InChI=1S/C28H32FN3O4/c1-34-27-18-23(10-11-26(27)36-21-22-6-3-2-4-7-22)20-32(13-12-31-14-16-35-17-15-31)28(33)30-25-9-5-8-24(29)19-25/h2-11,18-19H,12-17,20-21H2,1H3,(H,30,33). The fourth-order valence-electron chi connectivity index (χ4n) is 3.99. The Morgan fingerprint density at radius 2 is 1.81 bits per heavy atom. The van der Waals surface area contributed by atoms with Crippen molar-refractivity contribution in [1.29, 1.82) is 0 Å². The lowest BCUT2D eigenvalue weighted by Gasteiger charge is -2.30. The molecule has 7 nitrogen and oxygen atoms in total. The smallest absolute Gasteiger partial charge is 0.322 e. The number of carbonyl (C=O) groups excluding carboxylic acids is 1. The zero-order valence-corrected chi connectivity index (χ0v) is 20.5. The first-order valence-electron chi connectivity index (χ1n) is 12.1. The van der Waals surface area contributed by atoms with Gasteiger partial charge in [0.25, 0.3) is 0 Å². The minimum atomic E-state index is -0.400. The van der Waals surface area contributed by atoms with Crippen LogP contribution in [0.15, 0.2) is 72.8 Å². The van der Waals surface area contributed by atoms with Gasteiger partial charge in [0.05, 0.1) is 20.3 Å². The second kappa shape index (κ2) is 12.9. The summed E-state index contributed by atoms with van der Waals surface area (Å²) in [6.45, 7) is 5.07. The van der Waals surface area contributed by atoms with Crippen molar-refractivity contribution in [3.8, 4) is 11.5 Å². The number of benzene rings is 3. The molecule has 3 aromatic carbocycles. The Morgan fingerprint density at radius 1 is 1.00 bits per heavy atom. The van der Waals surface area contributed by atoms with E-state index < -0.39 is 5.82 Å². The Labute approximate surface area is 211 Å². The minimum Gasteiger partial charge on any atom is -0.493 e. The first-order valence-corrected chi connectivity index (χ1v) is 12.1. The summed E-state index contributed by atoms with van der Waals surface area (Å²) in [5, 5.41) is 2.82. The van der Waals surface area contributed by atoms with Crippen LogP contribution in [-0.2, 0) is 17.9 Å². The summed E-state index contributed by atoms with van der Waals surface area (Å²) >= 11 is 0. The molecular weight excluding hydrogens is 461 g/mol. The van der Waals surface area contributed by atoms with Crippen molar-refractivity contribution in [2.75, 3.05) is 51.8 Å². The predicted molar refractivity (Wildman–Crippen MR) is 137 cm³/mol. The van der Waals surface area contributed by atoms with Gasteiger partial charge in [-0.1, -0.05) is 42.5 Å². The number of amides is 2. The molecule has 1 N–H and O–H groups in total. The number of halogens is 1. The van der Waals surface area contributed by atoms with Crippen LogP contribution in [0.2, 0.25) is 0 Å². The number of hydrogen-bond acceptors (Lipinski definition) is 5. The van der Waals surface area contributed by atoms with Crippen LogP contribution in [0.1, 0.15) is 11.1 Å². The molecule has 1 fully saturated rings. The Hall–Kier alpha value is -3.62. The Bertz CT molecular complexity index is 1120. The summed E-state index contributed by atoms with van der Waals surface area (Å²) in [4.78, 5) is 17.2. The fraction of sp³-hybridized carbons (Fsp3) is 0.321. The van der Waals surface area contributed by atoms with Gasteiger partial charge in [0.1, 0.15) is 12.4 Å². The molecule has 0 bridgehead atoms. The molecule has 0 radical (unpaired) electrons. The van der Waals surface area contributed by atoms with E-state index in [-0.39, 0.29) is 6.03 Å². The molecule has 0 aromatic heterocycles. The third-order valence-corrected chi connectivity index (χ3v) is 5.99. The Kier molecular flexibility index (Phi) is 9.13. The van der Waals surface area contributed by atoms with Crippen molar-refractivity contribution < 1.29 is 23.4 Å². The van der Waals surface area contributed by atoms with E-state index in [2.05, 4.69) is 10.2 Å². The van der Waals surface area contributed by atoms with E-state index in [1.54, 1.807) is 24.1 Å². The zero-order chi connectivity index (χ0) is 25.2. The summed E-state index contributed by atoms with van der Waals surface area (Å²) in [7, 11) is 1.60. The SMILES string of the molecule is COc1cc(CN(CCN2CCOCC2)C(=O)Nc2cccc(F)c2)ccc1OCc1ccccc1. The number of methoxy groups -OCH3 is 1. The lowest BCUT2D eigenvalue weighted by Crippen LogP contribution is -2.44. The molecule has 36 heavy (non-hydrogen) atoms. The van der Waals surface area contributed by atoms with Crippen LogP contribution < -0.4 is 14.8 Å².